The van der Waals surface area contributed by atoms with Gasteiger partial charge in [-0.25, -0.2) is 4.99 Å². The van der Waals surface area contributed by atoms with E-state index in [0.717, 1.165) is 37.3 Å². The van der Waals surface area contributed by atoms with E-state index in [2.05, 4.69) is 21.9 Å². The van der Waals surface area contributed by atoms with Crippen LogP contribution in [0.5, 0.6) is 0 Å². The summed E-state index contributed by atoms with van der Waals surface area (Å²) in [5.74, 6) is 1.76. The molecule has 0 fully saturated rings. The van der Waals surface area contributed by atoms with Crippen LogP contribution in [0.2, 0.25) is 0 Å². The molecule has 8 heteroatoms. The third kappa shape index (κ3) is 9.61. The van der Waals surface area contributed by atoms with Gasteiger partial charge in [-0.1, -0.05) is 12.1 Å². The second-order valence-electron chi connectivity index (χ2n) is 5.02. The van der Waals surface area contributed by atoms with Crippen molar-refractivity contribution in [2.24, 2.45) is 4.99 Å². The van der Waals surface area contributed by atoms with E-state index < -0.39 is 11.7 Å². The second-order valence-corrected chi connectivity index (χ2v) is 6.01. The maximum Gasteiger partial charge on any atom is 0.416 e. The number of hydrogen-bond acceptors (Lipinski definition) is 2. The highest BCUT2D eigenvalue weighted by molar-refractivity contribution is 14.0. The summed E-state index contributed by atoms with van der Waals surface area (Å²) in [4.78, 5) is 4.35. The minimum absolute atomic E-state index is 0. The molecule has 0 amide bonds. The van der Waals surface area contributed by atoms with Gasteiger partial charge in [0.05, 0.1) is 12.1 Å². The molecule has 0 aliphatic rings. The Morgan fingerprint density at radius 2 is 1.96 bits per heavy atom. The molecule has 24 heavy (non-hydrogen) atoms. The lowest BCUT2D eigenvalue weighted by molar-refractivity contribution is -0.137. The molecule has 0 saturated carbocycles. The number of rotatable bonds is 8. The normalized spacial score (nSPS) is 11.8. The van der Waals surface area contributed by atoms with Crippen molar-refractivity contribution in [3.63, 3.8) is 0 Å². The molecule has 0 aliphatic heterocycles. The molecule has 0 saturated heterocycles. The highest BCUT2D eigenvalue weighted by Crippen LogP contribution is 2.29. The maximum absolute atomic E-state index is 12.7. The van der Waals surface area contributed by atoms with Crippen molar-refractivity contribution in [2.75, 3.05) is 25.1 Å². The smallest absolute Gasteiger partial charge is 0.357 e. The first-order chi connectivity index (χ1) is 11.0. The van der Waals surface area contributed by atoms with Crippen LogP contribution in [0.4, 0.5) is 13.2 Å². The topological polar surface area (TPSA) is 36.4 Å². The SMILES string of the molecule is CCNC(=NCc1cccc(C(F)(F)F)c1)NCCCCSC.I. The molecule has 3 nitrogen and oxygen atoms in total. The molecule has 1 aromatic carbocycles. The van der Waals surface area contributed by atoms with E-state index >= 15 is 0 Å². The largest absolute Gasteiger partial charge is 0.416 e. The predicted molar refractivity (Wildman–Crippen MR) is 107 cm³/mol. The summed E-state index contributed by atoms with van der Waals surface area (Å²) >= 11 is 1.82. The summed E-state index contributed by atoms with van der Waals surface area (Å²) in [6, 6.07) is 5.28. The summed E-state index contributed by atoms with van der Waals surface area (Å²) in [5, 5.41) is 6.30. The van der Waals surface area contributed by atoms with Crippen molar-refractivity contribution < 1.29 is 13.2 Å². The number of aliphatic imine (C=N–C) groups is 1. The van der Waals surface area contributed by atoms with Crippen molar-refractivity contribution in [2.45, 2.75) is 32.5 Å². The third-order valence-corrected chi connectivity index (χ3v) is 3.78. The summed E-state index contributed by atoms with van der Waals surface area (Å²) in [6.07, 6.45) is -0.0796. The Morgan fingerprint density at radius 1 is 1.21 bits per heavy atom. The Morgan fingerprint density at radius 3 is 2.58 bits per heavy atom. The number of unbranched alkanes of at least 4 members (excludes halogenated alkanes) is 1. The van der Waals surface area contributed by atoms with Crippen molar-refractivity contribution in [1.82, 2.24) is 10.6 Å². The summed E-state index contributed by atoms with van der Waals surface area (Å²) in [6.45, 7) is 3.67. The van der Waals surface area contributed by atoms with Gasteiger partial charge in [-0.3, -0.25) is 0 Å². The lowest BCUT2D eigenvalue weighted by atomic mass is 10.1. The van der Waals surface area contributed by atoms with E-state index in [4.69, 9.17) is 0 Å². The summed E-state index contributed by atoms with van der Waals surface area (Å²) < 4.78 is 38.1. The molecule has 1 rings (SSSR count). The zero-order valence-corrected chi connectivity index (χ0v) is 17.1. The molecule has 0 atom stereocenters. The van der Waals surface area contributed by atoms with Gasteiger partial charge in [-0.2, -0.15) is 24.9 Å². The van der Waals surface area contributed by atoms with Crippen LogP contribution in [0, 0.1) is 0 Å². The first-order valence-corrected chi connectivity index (χ1v) is 9.04. The average Bonchev–Trinajstić information content (AvgIpc) is 2.52. The minimum Gasteiger partial charge on any atom is -0.357 e. The molecule has 138 valence electrons. The Labute approximate surface area is 163 Å². The molecule has 0 spiro atoms. The van der Waals surface area contributed by atoms with Crippen LogP contribution in [-0.2, 0) is 12.7 Å². The number of alkyl halides is 3. The highest BCUT2D eigenvalue weighted by Gasteiger charge is 2.30. The van der Waals surface area contributed by atoms with Crippen molar-refractivity contribution >= 4 is 41.7 Å². The highest BCUT2D eigenvalue weighted by atomic mass is 127. The average molecular weight is 475 g/mol. The van der Waals surface area contributed by atoms with Crippen LogP contribution in [0.15, 0.2) is 29.3 Å². The molecule has 2 N–H and O–H groups in total. The number of halogens is 4. The molecular weight excluding hydrogens is 450 g/mol. The van der Waals surface area contributed by atoms with E-state index in [1.807, 2.05) is 18.7 Å². The quantitative estimate of drug-likeness (QED) is 0.251. The molecule has 1 aromatic rings. The predicted octanol–water partition coefficient (Wildman–Crippen LogP) is 4.52. The maximum atomic E-state index is 12.7. The first kappa shape index (κ1) is 23.4. The summed E-state index contributed by atoms with van der Waals surface area (Å²) in [7, 11) is 0. The van der Waals surface area contributed by atoms with Gasteiger partial charge >= 0.3 is 6.18 Å². The van der Waals surface area contributed by atoms with Gasteiger partial charge in [0.15, 0.2) is 5.96 Å². The molecule has 0 unspecified atom stereocenters. The van der Waals surface area contributed by atoms with Crippen molar-refractivity contribution in [3.05, 3.63) is 35.4 Å². The van der Waals surface area contributed by atoms with Crippen LogP contribution in [0.25, 0.3) is 0 Å². The van der Waals surface area contributed by atoms with E-state index in [9.17, 15) is 13.2 Å². The number of nitrogens with zero attached hydrogens (tertiary/aromatic N) is 1. The number of guanidine groups is 1. The van der Waals surface area contributed by atoms with Crippen LogP contribution >= 0.6 is 35.7 Å². The number of benzene rings is 1. The van der Waals surface area contributed by atoms with E-state index in [1.54, 1.807) is 6.07 Å². The van der Waals surface area contributed by atoms with Gasteiger partial charge in [0.1, 0.15) is 0 Å². The van der Waals surface area contributed by atoms with E-state index in [0.29, 0.717) is 18.1 Å². The third-order valence-electron chi connectivity index (χ3n) is 3.09. The van der Waals surface area contributed by atoms with Crippen LogP contribution in [-0.4, -0.2) is 31.1 Å². The fraction of sp³-hybridized carbons (Fsp3) is 0.562. The summed E-state index contributed by atoms with van der Waals surface area (Å²) in [5.41, 5.74) is -0.0976. The van der Waals surface area contributed by atoms with Crippen LogP contribution < -0.4 is 10.6 Å². The van der Waals surface area contributed by atoms with E-state index in [-0.39, 0.29) is 30.5 Å². The van der Waals surface area contributed by atoms with Crippen molar-refractivity contribution in [3.8, 4) is 0 Å². The number of nitrogens with one attached hydrogen (secondary N) is 2. The van der Waals surface area contributed by atoms with Crippen LogP contribution in [0.3, 0.4) is 0 Å². The number of hydrogen-bond donors (Lipinski definition) is 2. The lowest BCUT2D eigenvalue weighted by Crippen LogP contribution is -2.37. The Bertz CT molecular complexity index is 496. The monoisotopic (exact) mass is 475 g/mol. The van der Waals surface area contributed by atoms with Gasteiger partial charge in [-0.05, 0) is 49.5 Å². The Kier molecular flexibility index (Phi) is 12.3. The molecular formula is C16H25F3IN3S. The van der Waals surface area contributed by atoms with Gasteiger partial charge in [0.25, 0.3) is 0 Å². The molecule has 0 radical (unpaired) electrons. The fourth-order valence-electron chi connectivity index (χ4n) is 1.94. The first-order valence-electron chi connectivity index (χ1n) is 7.64. The fourth-order valence-corrected chi connectivity index (χ4v) is 2.43. The molecule has 0 aliphatic carbocycles. The zero-order chi connectivity index (χ0) is 17.1. The number of thioether (sulfide) groups is 1. The van der Waals surface area contributed by atoms with Gasteiger partial charge < -0.3 is 10.6 Å². The van der Waals surface area contributed by atoms with Gasteiger partial charge in [0, 0.05) is 13.1 Å². The van der Waals surface area contributed by atoms with Crippen LogP contribution in [0.1, 0.15) is 30.9 Å². The van der Waals surface area contributed by atoms with Gasteiger partial charge in [0.2, 0.25) is 0 Å². The van der Waals surface area contributed by atoms with E-state index in [1.165, 1.54) is 6.07 Å². The van der Waals surface area contributed by atoms with Crippen molar-refractivity contribution in [1.29, 1.82) is 0 Å². The lowest BCUT2D eigenvalue weighted by Gasteiger charge is -2.12. The zero-order valence-electron chi connectivity index (χ0n) is 13.9. The Hall–Kier alpha value is -0.640. The molecule has 0 heterocycles. The molecule has 0 bridgehead atoms. The second kappa shape index (κ2) is 12.7. The Balaban J connectivity index is 0.00000529. The standard InChI is InChI=1S/C16H24F3N3S.HI/c1-3-20-15(21-9-4-5-10-23-2)22-12-13-7-6-8-14(11-13)16(17,18)19;/h6-8,11H,3-5,9-10,12H2,1-2H3,(H2,20,21,22);1H. The molecule has 0 aromatic heterocycles. The minimum atomic E-state index is -4.32. The van der Waals surface area contributed by atoms with Gasteiger partial charge in [-0.15, -0.1) is 24.0 Å².